The summed E-state index contributed by atoms with van der Waals surface area (Å²) in [6.45, 7) is 0. The number of nitrogens with zero attached hydrogens (tertiary/aromatic N) is 3. The normalized spacial score (nSPS) is 11.2. The molecule has 2 N–H and O–H groups in total. The van der Waals surface area contributed by atoms with Crippen molar-refractivity contribution in [1.29, 1.82) is 0 Å². The van der Waals surface area contributed by atoms with E-state index in [0.717, 1.165) is 28.7 Å². The number of para-hydroxylation sites is 1. The Bertz CT molecular complexity index is 1130. The van der Waals surface area contributed by atoms with Crippen molar-refractivity contribution in [3.05, 3.63) is 53.3 Å². The molecule has 2 aromatic heterocycles. The van der Waals surface area contributed by atoms with Gasteiger partial charge in [-0.05, 0) is 24.3 Å². The van der Waals surface area contributed by atoms with Crippen molar-refractivity contribution < 1.29 is 9.18 Å². The number of benzene rings is 2. The number of hydrogen-bond donors (Lipinski definition) is 2. The third kappa shape index (κ3) is 3.33. The topological polar surface area (TPSA) is 83.6 Å². The summed E-state index contributed by atoms with van der Waals surface area (Å²) in [4.78, 5) is 19.6. The number of halogens is 2. The Hall–Kier alpha value is -2.71. The molecule has 6 nitrogen and oxygen atoms in total. The SMILES string of the molecule is O=C(CSc1nnc2c(n1)[nH]c1ccccc12)Nc1ccc(Cl)cc1F. The molecule has 0 aliphatic rings. The summed E-state index contributed by atoms with van der Waals surface area (Å²) in [5.41, 5.74) is 2.28. The summed E-state index contributed by atoms with van der Waals surface area (Å²) in [6.07, 6.45) is 0. The second kappa shape index (κ2) is 6.89. The van der Waals surface area contributed by atoms with Crippen LogP contribution in [0.2, 0.25) is 5.02 Å². The first-order valence-corrected chi connectivity index (χ1v) is 8.95. The van der Waals surface area contributed by atoms with Crippen molar-refractivity contribution in [2.24, 2.45) is 0 Å². The van der Waals surface area contributed by atoms with Crippen LogP contribution in [0, 0.1) is 5.82 Å². The molecule has 4 rings (SSSR count). The molecular formula is C17H11ClFN5OS. The molecule has 9 heteroatoms. The minimum Gasteiger partial charge on any atom is -0.338 e. The average Bonchev–Trinajstić information content (AvgIpc) is 3.00. The minimum atomic E-state index is -0.590. The first-order chi connectivity index (χ1) is 12.6. The van der Waals surface area contributed by atoms with Gasteiger partial charge < -0.3 is 10.3 Å². The number of rotatable bonds is 4. The maximum Gasteiger partial charge on any atom is 0.234 e. The Morgan fingerprint density at radius 1 is 1.23 bits per heavy atom. The van der Waals surface area contributed by atoms with Crippen LogP contribution >= 0.6 is 23.4 Å². The third-order valence-electron chi connectivity index (χ3n) is 3.64. The Morgan fingerprint density at radius 3 is 2.92 bits per heavy atom. The van der Waals surface area contributed by atoms with Crippen molar-refractivity contribution in [3.63, 3.8) is 0 Å². The zero-order valence-corrected chi connectivity index (χ0v) is 14.7. The van der Waals surface area contributed by atoms with Gasteiger partial charge in [-0.3, -0.25) is 4.79 Å². The van der Waals surface area contributed by atoms with Crippen molar-refractivity contribution in [2.45, 2.75) is 5.16 Å². The highest BCUT2D eigenvalue weighted by Crippen LogP contribution is 2.23. The lowest BCUT2D eigenvalue weighted by molar-refractivity contribution is -0.113. The van der Waals surface area contributed by atoms with Crippen molar-refractivity contribution in [3.8, 4) is 0 Å². The van der Waals surface area contributed by atoms with Crippen LogP contribution in [0.5, 0.6) is 0 Å². The molecule has 2 heterocycles. The highest BCUT2D eigenvalue weighted by atomic mass is 35.5. The van der Waals surface area contributed by atoms with E-state index in [-0.39, 0.29) is 22.4 Å². The maximum absolute atomic E-state index is 13.7. The van der Waals surface area contributed by atoms with Gasteiger partial charge in [-0.2, -0.15) is 0 Å². The van der Waals surface area contributed by atoms with Crippen LogP contribution in [0.4, 0.5) is 10.1 Å². The Balaban J connectivity index is 1.47. The fourth-order valence-corrected chi connectivity index (χ4v) is 3.22. The molecule has 4 aromatic rings. The van der Waals surface area contributed by atoms with Gasteiger partial charge in [0.25, 0.3) is 0 Å². The maximum atomic E-state index is 13.7. The second-order valence-electron chi connectivity index (χ2n) is 5.42. The molecule has 0 fully saturated rings. The van der Waals surface area contributed by atoms with Gasteiger partial charge >= 0.3 is 0 Å². The molecule has 0 saturated carbocycles. The molecule has 0 spiro atoms. The van der Waals surface area contributed by atoms with Gasteiger partial charge in [0.1, 0.15) is 11.3 Å². The number of aromatic amines is 1. The van der Waals surface area contributed by atoms with Gasteiger partial charge in [0.2, 0.25) is 11.1 Å². The van der Waals surface area contributed by atoms with Crippen LogP contribution in [-0.2, 0) is 4.79 Å². The molecule has 0 aliphatic heterocycles. The standard InChI is InChI=1S/C17H11ClFN5OS/c18-9-5-6-13(11(19)7-9)20-14(25)8-26-17-22-16-15(23-24-17)10-3-1-2-4-12(10)21-16/h1-7H,8H2,(H,20,25)(H,21,22,24). The molecule has 130 valence electrons. The molecule has 2 aromatic carbocycles. The lowest BCUT2D eigenvalue weighted by Gasteiger charge is -2.06. The fraction of sp³-hybridized carbons (Fsp3) is 0.0588. The first kappa shape index (κ1) is 16.7. The van der Waals surface area contributed by atoms with Gasteiger partial charge in [0, 0.05) is 15.9 Å². The number of thioether (sulfide) groups is 1. The summed E-state index contributed by atoms with van der Waals surface area (Å²) >= 11 is 6.80. The number of anilines is 1. The van der Waals surface area contributed by atoms with E-state index in [0.29, 0.717) is 16.3 Å². The van der Waals surface area contributed by atoms with Gasteiger partial charge in [-0.1, -0.05) is 41.6 Å². The van der Waals surface area contributed by atoms with Gasteiger partial charge in [0.05, 0.1) is 11.4 Å². The highest BCUT2D eigenvalue weighted by molar-refractivity contribution is 7.99. The van der Waals surface area contributed by atoms with Crippen molar-refractivity contribution >= 4 is 57.0 Å². The van der Waals surface area contributed by atoms with Crippen LogP contribution in [0.1, 0.15) is 0 Å². The van der Waals surface area contributed by atoms with Crippen LogP contribution in [0.25, 0.3) is 22.1 Å². The van der Waals surface area contributed by atoms with Gasteiger partial charge in [-0.25, -0.2) is 9.37 Å². The van der Waals surface area contributed by atoms with E-state index in [1.807, 2.05) is 24.3 Å². The summed E-state index contributed by atoms with van der Waals surface area (Å²) in [7, 11) is 0. The summed E-state index contributed by atoms with van der Waals surface area (Å²) in [5, 5.41) is 12.3. The predicted molar refractivity (Wildman–Crippen MR) is 100.0 cm³/mol. The largest absolute Gasteiger partial charge is 0.338 e. The Labute approximate surface area is 156 Å². The van der Waals surface area contributed by atoms with E-state index >= 15 is 0 Å². The number of H-pyrrole nitrogens is 1. The zero-order valence-electron chi connectivity index (χ0n) is 13.2. The van der Waals surface area contributed by atoms with E-state index < -0.39 is 5.82 Å². The van der Waals surface area contributed by atoms with Crippen molar-refractivity contribution in [2.75, 3.05) is 11.1 Å². The number of fused-ring (bicyclic) bond motifs is 3. The van der Waals surface area contributed by atoms with E-state index in [1.165, 1.54) is 12.1 Å². The smallest absolute Gasteiger partial charge is 0.234 e. The second-order valence-corrected chi connectivity index (χ2v) is 6.80. The molecule has 0 unspecified atom stereocenters. The van der Waals surface area contributed by atoms with E-state index in [2.05, 4.69) is 25.5 Å². The van der Waals surface area contributed by atoms with Gasteiger partial charge in [0.15, 0.2) is 5.65 Å². The summed E-state index contributed by atoms with van der Waals surface area (Å²) < 4.78 is 13.7. The number of carbonyl (C=O) groups excluding carboxylic acids is 1. The molecule has 0 atom stereocenters. The lowest BCUT2D eigenvalue weighted by atomic mass is 10.2. The van der Waals surface area contributed by atoms with E-state index in [1.54, 1.807) is 0 Å². The molecular weight excluding hydrogens is 377 g/mol. The van der Waals surface area contributed by atoms with Crippen molar-refractivity contribution in [1.82, 2.24) is 20.2 Å². The number of carbonyl (C=O) groups is 1. The van der Waals surface area contributed by atoms with Crippen LogP contribution in [-0.4, -0.2) is 31.8 Å². The Kier molecular flexibility index (Phi) is 4.44. The number of amides is 1. The van der Waals surface area contributed by atoms with Gasteiger partial charge in [-0.15, -0.1) is 10.2 Å². The quantitative estimate of drug-likeness (QED) is 0.516. The number of nitrogens with one attached hydrogen (secondary N) is 2. The number of hydrogen-bond acceptors (Lipinski definition) is 5. The molecule has 1 amide bonds. The van der Waals surface area contributed by atoms with E-state index in [4.69, 9.17) is 11.6 Å². The molecule has 0 saturated heterocycles. The molecule has 0 bridgehead atoms. The zero-order chi connectivity index (χ0) is 18.1. The molecule has 26 heavy (non-hydrogen) atoms. The van der Waals surface area contributed by atoms with Crippen LogP contribution in [0.3, 0.4) is 0 Å². The van der Waals surface area contributed by atoms with Crippen LogP contribution in [0.15, 0.2) is 47.6 Å². The summed E-state index contributed by atoms with van der Waals surface area (Å²) in [5.74, 6) is -0.944. The molecule has 0 radical (unpaired) electrons. The average molecular weight is 388 g/mol. The van der Waals surface area contributed by atoms with Crippen LogP contribution < -0.4 is 5.32 Å². The van der Waals surface area contributed by atoms with E-state index in [9.17, 15) is 9.18 Å². The minimum absolute atomic E-state index is 0.0233. The number of aromatic nitrogens is 4. The third-order valence-corrected chi connectivity index (χ3v) is 4.71. The Morgan fingerprint density at radius 2 is 2.08 bits per heavy atom. The first-order valence-electron chi connectivity index (χ1n) is 7.59. The summed E-state index contributed by atoms with van der Waals surface area (Å²) in [6, 6.07) is 11.8. The molecule has 0 aliphatic carbocycles. The monoisotopic (exact) mass is 387 g/mol. The lowest BCUT2D eigenvalue weighted by Crippen LogP contribution is -2.15. The predicted octanol–water partition coefficient (Wildman–Crippen LogP) is 4.03. The fourth-order valence-electron chi connectivity index (χ4n) is 2.47. The highest BCUT2D eigenvalue weighted by Gasteiger charge is 2.12.